The number of halogens is 1. The molecule has 0 aromatic carbocycles. The van der Waals surface area contributed by atoms with Crippen molar-refractivity contribution in [3.05, 3.63) is 29.8 Å². The lowest BCUT2D eigenvalue weighted by Crippen LogP contribution is -2.51. The fourth-order valence-electron chi connectivity index (χ4n) is 2.99. The van der Waals surface area contributed by atoms with Crippen LogP contribution in [-0.2, 0) is 0 Å². The number of hydrogen-bond donors (Lipinski definition) is 1. The van der Waals surface area contributed by atoms with Crippen LogP contribution < -0.4 is 0 Å². The van der Waals surface area contributed by atoms with E-state index in [9.17, 15) is 9.50 Å². The summed E-state index contributed by atoms with van der Waals surface area (Å²) in [6.07, 6.45) is 3.65. The Bertz CT molecular complexity index is 359. The van der Waals surface area contributed by atoms with Crippen molar-refractivity contribution in [1.29, 1.82) is 0 Å². The summed E-state index contributed by atoms with van der Waals surface area (Å²) in [6, 6.07) is 3.19. The first-order valence-corrected chi connectivity index (χ1v) is 5.93. The van der Waals surface area contributed by atoms with Gasteiger partial charge in [-0.2, -0.15) is 0 Å². The summed E-state index contributed by atoms with van der Waals surface area (Å²) in [7, 11) is 0. The van der Waals surface area contributed by atoms with Crippen LogP contribution in [0.1, 0.15) is 44.7 Å². The van der Waals surface area contributed by atoms with Gasteiger partial charge >= 0.3 is 0 Å². The Balaban J connectivity index is 2.26. The maximum Gasteiger partial charge on any atom is 0.141 e. The zero-order valence-corrected chi connectivity index (χ0v) is 9.78. The highest BCUT2D eigenvalue weighted by atomic mass is 19.1. The van der Waals surface area contributed by atoms with Gasteiger partial charge in [0.1, 0.15) is 5.82 Å². The standard InChI is InChI=1S/C13H18FNO/c1-3-13(4-2)10(7-12(13)16)11-6-5-9(14)8-15-11/h5-6,8,10,12,16H,3-4,7H2,1-2H3. The van der Waals surface area contributed by atoms with Gasteiger partial charge in [0.25, 0.3) is 0 Å². The molecule has 0 saturated heterocycles. The summed E-state index contributed by atoms with van der Waals surface area (Å²) in [5.41, 5.74) is 0.862. The topological polar surface area (TPSA) is 33.1 Å². The lowest BCUT2D eigenvalue weighted by atomic mass is 9.54. The molecule has 2 atom stereocenters. The van der Waals surface area contributed by atoms with Gasteiger partial charge in [-0.3, -0.25) is 4.98 Å². The van der Waals surface area contributed by atoms with Crippen molar-refractivity contribution in [2.45, 2.75) is 45.1 Å². The number of nitrogens with zero attached hydrogens (tertiary/aromatic N) is 1. The first-order chi connectivity index (χ1) is 7.64. The van der Waals surface area contributed by atoms with E-state index in [1.165, 1.54) is 12.3 Å². The second-order valence-electron chi connectivity index (χ2n) is 4.65. The minimum atomic E-state index is -0.304. The van der Waals surface area contributed by atoms with E-state index in [4.69, 9.17) is 0 Å². The van der Waals surface area contributed by atoms with E-state index < -0.39 is 0 Å². The van der Waals surface area contributed by atoms with Crippen LogP contribution in [0.2, 0.25) is 0 Å². The van der Waals surface area contributed by atoms with Crippen molar-refractivity contribution < 1.29 is 9.50 Å². The predicted octanol–water partition coefficient (Wildman–Crippen LogP) is 2.88. The number of pyridine rings is 1. The van der Waals surface area contributed by atoms with Crippen LogP contribution in [0.15, 0.2) is 18.3 Å². The molecule has 88 valence electrons. The number of aliphatic hydroxyl groups is 1. The average Bonchev–Trinajstić information content (AvgIpc) is 2.29. The number of aliphatic hydroxyl groups excluding tert-OH is 1. The van der Waals surface area contributed by atoms with Gasteiger partial charge in [0, 0.05) is 17.0 Å². The molecule has 1 N–H and O–H groups in total. The smallest absolute Gasteiger partial charge is 0.141 e. The molecule has 0 amide bonds. The molecule has 1 saturated carbocycles. The summed E-state index contributed by atoms with van der Waals surface area (Å²) >= 11 is 0. The van der Waals surface area contributed by atoms with Crippen LogP contribution >= 0.6 is 0 Å². The van der Waals surface area contributed by atoms with Gasteiger partial charge in [-0.25, -0.2) is 4.39 Å². The Morgan fingerprint density at radius 1 is 1.44 bits per heavy atom. The van der Waals surface area contributed by atoms with Crippen molar-refractivity contribution in [2.24, 2.45) is 5.41 Å². The van der Waals surface area contributed by atoms with Crippen molar-refractivity contribution in [1.82, 2.24) is 4.98 Å². The van der Waals surface area contributed by atoms with E-state index in [0.29, 0.717) is 0 Å². The summed E-state index contributed by atoms with van der Waals surface area (Å²) in [6.45, 7) is 4.20. The number of hydrogen-bond acceptors (Lipinski definition) is 2. The quantitative estimate of drug-likeness (QED) is 0.854. The molecular formula is C13H18FNO. The van der Waals surface area contributed by atoms with Crippen LogP contribution in [0.25, 0.3) is 0 Å². The van der Waals surface area contributed by atoms with E-state index in [0.717, 1.165) is 25.0 Å². The van der Waals surface area contributed by atoms with E-state index in [1.54, 1.807) is 6.07 Å². The Morgan fingerprint density at radius 3 is 2.56 bits per heavy atom. The summed E-state index contributed by atoms with van der Waals surface area (Å²) in [5, 5.41) is 9.94. The zero-order valence-electron chi connectivity index (χ0n) is 9.78. The summed E-state index contributed by atoms with van der Waals surface area (Å²) in [4.78, 5) is 4.14. The molecule has 0 bridgehead atoms. The average molecular weight is 223 g/mol. The van der Waals surface area contributed by atoms with Crippen LogP contribution in [0.5, 0.6) is 0 Å². The van der Waals surface area contributed by atoms with Gasteiger partial charge in [0.2, 0.25) is 0 Å². The van der Waals surface area contributed by atoms with Gasteiger partial charge in [-0.05, 0) is 31.4 Å². The van der Waals surface area contributed by atoms with Crippen LogP contribution in [0, 0.1) is 11.2 Å². The van der Waals surface area contributed by atoms with Gasteiger partial charge < -0.3 is 5.11 Å². The van der Waals surface area contributed by atoms with Crippen LogP contribution in [0.3, 0.4) is 0 Å². The lowest BCUT2D eigenvalue weighted by Gasteiger charge is -2.53. The fraction of sp³-hybridized carbons (Fsp3) is 0.615. The van der Waals surface area contributed by atoms with E-state index in [2.05, 4.69) is 18.8 Å². The normalized spacial score (nSPS) is 27.5. The molecule has 1 aromatic heterocycles. The molecule has 1 aromatic rings. The third-order valence-corrected chi connectivity index (χ3v) is 4.24. The van der Waals surface area contributed by atoms with Gasteiger partial charge in [-0.15, -0.1) is 0 Å². The van der Waals surface area contributed by atoms with Gasteiger partial charge in [-0.1, -0.05) is 13.8 Å². The molecule has 1 heterocycles. The molecule has 0 spiro atoms. The van der Waals surface area contributed by atoms with Crippen molar-refractivity contribution in [3.8, 4) is 0 Å². The van der Waals surface area contributed by atoms with Crippen molar-refractivity contribution >= 4 is 0 Å². The van der Waals surface area contributed by atoms with Crippen molar-refractivity contribution in [3.63, 3.8) is 0 Å². The highest BCUT2D eigenvalue weighted by Gasteiger charge is 2.52. The molecule has 0 radical (unpaired) electrons. The molecule has 16 heavy (non-hydrogen) atoms. The number of aromatic nitrogens is 1. The Labute approximate surface area is 95.5 Å². The first kappa shape index (κ1) is 11.5. The first-order valence-electron chi connectivity index (χ1n) is 5.93. The molecule has 0 aliphatic heterocycles. The monoisotopic (exact) mass is 223 g/mol. The Kier molecular flexibility index (Phi) is 2.98. The predicted molar refractivity (Wildman–Crippen MR) is 60.6 cm³/mol. The molecule has 1 aliphatic carbocycles. The molecular weight excluding hydrogens is 205 g/mol. The minimum Gasteiger partial charge on any atom is -0.393 e. The van der Waals surface area contributed by atoms with E-state index >= 15 is 0 Å². The Hall–Kier alpha value is -0.960. The summed E-state index contributed by atoms with van der Waals surface area (Å²) < 4.78 is 12.8. The highest BCUT2D eigenvalue weighted by molar-refractivity contribution is 5.21. The summed E-state index contributed by atoms with van der Waals surface area (Å²) in [5.74, 6) is -0.0275. The van der Waals surface area contributed by atoms with E-state index in [1.807, 2.05) is 0 Å². The van der Waals surface area contributed by atoms with Gasteiger partial charge in [0.15, 0.2) is 0 Å². The SMILES string of the molecule is CCC1(CC)C(O)CC1c1ccc(F)cn1. The molecule has 2 nitrogen and oxygen atoms in total. The second-order valence-corrected chi connectivity index (χ2v) is 4.65. The molecule has 1 fully saturated rings. The molecule has 1 aliphatic rings. The molecule has 3 heteroatoms. The largest absolute Gasteiger partial charge is 0.393 e. The van der Waals surface area contributed by atoms with Crippen LogP contribution in [-0.4, -0.2) is 16.2 Å². The minimum absolute atomic E-state index is 0.0508. The Morgan fingerprint density at radius 2 is 2.12 bits per heavy atom. The van der Waals surface area contributed by atoms with E-state index in [-0.39, 0.29) is 23.3 Å². The zero-order chi connectivity index (χ0) is 11.8. The maximum absolute atomic E-state index is 12.8. The molecule has 2 rings (SSSR count). The second kappa shape index (κ2) is 4.13. The van der Waals surface area contributed by atoms with Crippen LogP contribution in [0.4, 0.5) is 4.39 Å². The molecule has 2 unspecified atom stereocenters. The van der Waals surface area contributed by atoms with Crippen molar-refractivity contribution in [2.75, 3.05) is 0 Å². The third-order valence-electron chi connectivity index (χ3n) is 4.24. The highest BCUT2D eigenvalue weighted by Crippen LogP contribution is 2.56. The maximum atomic E-state index is 12.8. The lowest BCUT2D eigenvalue weighted by molar-refractivity contribution is -0.0945. The van der Waals surface area contributed by atoms with Gasteiger partial charge in [0.05, 0.1) is 12.3 Å². The third kappa shape index (κ3) is 1.54. The number of rotatable bonds is 3. The fourth-order valence-corrected chi connectivity index (χ4v) is 2.99.